The van der Waals surface area contributed by atoms with Crippen molar-refractivity contribution >= 4 is 50.2 Å². The molecule has 0 aliphatic carbocycles. The van der Waals surface area contributed by atoms with Crippen LogP contribution in [0.25, 0.3) is 10.9 Å². The maximum Gasteiger partial charge on any atom is 0.255 e. The quantitative estimate of drug-likeness (QED) is 0.615. The van der Waals surface area contributed by atoms with Crippen molar-refractivity contribution in [3.05, 3.63) is 63.9 Å². The summed E-state index contributed by atoms with van der Waals surface area (Å²) in [5.41, 5.74) is 1.42. The Morgan fingerprint density at radius 1 is 1.12 bits per heavy atom. The summed E-state index contributed by atoms with van der Waals surface area (Å²) in [5, 5.41) is 1.63. The lowest BCUT2D eigenvalue weighted by Crippen LogP contribution is -2.49. The summed E-state index contributed by atoms with van der Waals surface area (Å²) in [4.78, 5) is 25.3. The smallest absolute Gasteiger partial charge is 0.255 e. The molecular formula is C19H16BrClN4O. The second kappa shape index (κ2) is 7.21. The molecule has 1 aliphatic heterocycles. The van der Waals surface area contributed by atoms with E-state index in [1.54, 1.807) is 24.5 Å². The van der Waals surface area contributed by atoms with Gasteiger partial charge in [0.15, 0.2) is 0 Å². The van der Waals surface area contributed by atoms with Crippen molar-refractivity contribution in [3.8, 4) is 0 Å². The van der Waals surface area contributed by atoms with Crippen LogP contribution in [0.5, 0.6) is 0 Å². The molecule has 0 atom stereocenters. The third kappa shape index (κ3) is 3.39. The Balaban J connectivity index is 1.50. The molecule has 7 heteroatoms. The number of carbonyl (C=O) groups is 1. The van der Waals surface area contributed by atoms with Crippen molar-refractivity contribution in [2.75, 3.05) is 31.1 Å². The monoisotopic (exact) mass is 430 g/mol. The molecule has 1 aliphatic rings. The molecule has 4 rings (SSSR count). The largest absolute Gasteiger partial charge is 0.353 e. The van der Waals surface area contributed by atoms with E-state index in [0.717, 1.165) is 34.3 Å². The summed E-state index contributed by atoms with van der Waals surface area (Å²) < 4.78 is 0.937. The Morgan fingerprint density at radius 2 is 1.92 bits per heavy atom. The number of benzene rings is 1. The number of anilines is 1. The zero-order valence-electron chi connectivity index (χ0n) is 13.9. The van der Waals surface area contributed by atoms with E-state index in [9.17, 15) is 4.79 Å². The van der Waals surface area contributed by atoms with Crippen LogP contribution in [0.3, 0.4) is 0 Å². The second-order valence-electron chi connectivity index (χ2n) is 6.15. The SMILES string of the molecule is O=C(c1cccnc1)N1CCN(c2ccc3cc(Br)cc(Cl)c3n2)CC1. The number of nitrogens with zero attached hydrogens (tertiary/aromatic N) is 4. The van der Waals surface area contributed by atoms with Crippen LogP contribution in [0.2, 0.25) is 5.02 Å². The van der Waals surface area contributed by atoms with Gasteiger partial charge < -0.3 is 9.80 Å². The maximum atomic E-state index is 12.5. The molecule has 0 radical (unpaired) electrons. The van der Waals surface area contributed by atoms with Gasteiger partial charge in [0.2, 0.25) is 0 Å². The van der Waals surface area contributed by atoms with Gasteiger partial charge in [-0.1, -0.05) is 27.5 Å². The molecule has 26 heavy (non-hydrogen) atoms. The molecule has 132 valence electrons. The first-order valence-corrected chi connectivity index (χ1v) is 9.49. The Hall–Kier alpha value is -2.18. The number of halogens is 2. The zero-order chi connectivity index (χ0) is 18.1. The predicted octanol–water partition coefficient (Wildman–Crippen LogP) is 4.01. The van der Waals surface area contributed by atoms with Crippen molar-refractivity contribution in [2.45, 2.75) is 0 Å². The normalized spacial score (nSPS) is 14.7. The molecule has 0 saturated carbocycles. The van der Waals surface area contributed by atoms with Crippen LogP contribution >= 0.6 is 27.5 Å². The number of amides is 1. The molecule has 1 amide bonds. The average Bonchev–Trinajstić information content (AvgIpc) is 2.68. The van der Waals surface area contributed by atoms with Crippen LogP contribution in [-0.2, 0) is 0 Å². The molecule has 0 N–H and O–H groups in total. The van der Waals surface area contributed by atoms with Gasteiger partial charge in [-0.2, -0.15) is 0 Å². The Morgan fingerprint density at radius 3 is 2.65 bits per heavy atom. The highest BCUT2D eigenvalue weighted by molar-refractivity contribution is 9.10. The first kappa shape index (κ1) is 17.2. The number of piperazine rings is 1. The van der Waals surface area contributed by atoms with E-state index < -0.39 is 0 Å². The molecule has 0 unspecified atom stereocenters. The molecule has 1 aromatic carbocycles. The van der Waals surface area contributed by atoms with E-state index in [1.165, 1.54) is 0 Å². The topological polar surface area (TPSA) is 49.3 Å². The summed E-state index contributed by atoms with van der Waals surface area (Å²) in [7, 11) is 0. The van der Waals surface area contributed by atoms with Crippen molar-refractivity contribution in [3.63, 3.8) is 0 Å². The van der Waals surface area contributed by atoms with Crippen LogP contribution in [0.1, 0.15) is 10.4 Å². The van der Waals surface area contributed by atoms with Crippen LogP contribution in [0.4, 0.5) is 5.82 Å². The van der Waals surface area contributed by atoms with E-state index in [-0.39, 0.29) is 5.91 Å². The fourth-order valence-corrected chi connectivity index (χ4v) is 4.01. The van der Waals surface area contributed by atoms with E-state index in [2.05, 4.69) is 25.8 Å². The minimum atomic E-state index is 0.0251. The van der Waals surface area contributed by atoms with Crippen molar-refractivity contribution in [2.24, 2.45) is 0 Å². The molecule has 3 aromatic rings. The number of rotatable bonds is 2. The lowest BCUT2D eigenvalue weighted by atomic mass is 10.2. The highest BCUT2D eigenvalue weighted by Crippen LogP contribution is 2.29. The van der Waals surface area contributed by atoms with Gasteiger partial charge in [0.05, 0.1) is 16.1 Å². The van der Waals surface area contributed by atoms with Gasteiger partial charge in [-0.15, -0.1) is 0 Å². The minimum Gasteiger partial charge on any atom is -0.353 e. The number of hydrogen-bond donors (Lipinski definition) is 0. The van der Waals surface area contributed by atoms with Crippen LogP contribution < -0.4 is 4.90 Å². The average molecular weight is 432 g/mol. The van der Waals surface area contributed by atoms with Gasteiger partial charge in [-0.3, -0.25) is 9.78 Å². The number of aromatic nitrogens is 2. The van der Waals surface area contributed by atoms with Gasteiger partial charge >= 0.3 is 0 Å². The predicted molar refractivity (Wildman–Crippen MR) is 107 cm³/mol. The van der Waals surface area contributed by atoms with Crippen LogP contribution in [-0.4, -0.2) is 47.0 Å². The number of pyridine rings is 2. The number of hydrogen-bond acceptors (Lipinski definition) is 4. The molecule has 1 saturated heterocycles. The highest BCUT2D eigenvalue weighted by atomic mass is 79.9. The van der Waals surface area contributed by atoms with Gasteiger partial charge in [-0.05, 0) is 36.4 Å². The lowest BCUT2D eigenvalue weighted by molar-refractivity contribution is 0.0746. The van der Waals surface area contributed by atoms with E-state index in [0.29, 0.717) is 23.7 Å². The second-order valence-corrected chi connectivity index (χ2v) is 7.47. The summed E-state index contributed by atoms with van der Waals surface area (Å²) >= 11 is 9.79. The Labute approximate surface area is 164 Å². The van der Waals surface area contributed by atoms with Crippen molar-refractivity contribution < 1.29 is 4.79 Å². The lowest BCUT2D eigenvalue weighted by Gasteiger charge is -2.35. The summed E-state index contributed by atoms with van der Waals surface area (Å²) in [6, 6.07) is 11.5. The standard InChI is InChI=1S/C19H16BrClN4O/c20-15-10-13-3-4-17(23-18(13)16(21)11-15)24-6-8-25(9-7-24)19(26)14-2-1-5-22-12-14/h1-5,10-12H,6-9H2. The van der Waals surface area contributed by atoms with E-state index in [4.69, 9.17) is 16.6 Å². The summed E-state index contributed by atoms with van der Waals surface area (Å²) in [5.74, 6) is 0.910. The Bertz CT molecular complexity index is 958. The minimum absolute atomic E-state index is 0.0251. The summed E-state index contributed by atoms with van der Waals surface area (Å²) in [6.07, 6.45) is 3.28. The fourth-order valence-electron chi connectivity index (χ4n) is 3.13. The molecular weight excluding hydrogens is 416 g/mol. The molecule has 0 spiro atoms. The molecule has 2 aromatic heterocycles. The molecule has 5 nitrogen and oxygen atoms in total. The first-order valence-electron chi connectivity index (χ1n) is 8.32. The van der Waals surface area contributed by atoms with Gasteiger partial charge in [0, 0.05) is 48.4 Å². The van der Waals surface area contributed by atoms with Crippen LogP contribution in [0.15, 0.2) is 53.3 Å². The molecule has 1 fully saturated rings. The van der Waals surface area contributed by atoms with Crippen LogP contribution in [0, 0.1) is 0 Å². The number of carbonyl (C=O) groups excluding carboxylic acids is 1. The molecule has 0 bridgehead atoms. The van der Waals surface area contributed by atoms with E-state index >= 15 is 0 Å². The maximum absolute atomic E-state index is 12.5. The van der Waals surface area contributed by atoms with Gasteiger partial charge in [-0.25, -0.2) is 4.98 Å². The Kier molecular flexibility index (Phi) is 4.78. The molecule has 3 heterocycles. The summed E-state index contributed by atoms with van der Waals surface area (Å²) in [6.45, 7) is 2.78. The zero-order valence-corrected chi connectivity index (χ0v) is 16.2. The number of fused-ring (bicyclic) bond motifs is 1. The van der Waals surface area contributed by atoms with Crippen molar-refractivity contribution in [1.29, 1.82) is 0 Å². The van der Waals surface area contributed by atoms with Crippen molar-refractivity contribution in [1.82, 2.24) is 14.9 Å². The third-order valence-corrected chi connectivity index (χ3v) is 5.24. The highest BCUT2D eigenvalue weighted by Gasteiger charge is 2.23. The fraction of sp³-hybridized carbons (Fsp3) is 0.211. The van der Waals surface area contributed by atoms with E-state index in [1.807, 2.05) is 29.2 Å². The third-order valence-electron chi connectivity index (χ3n) is 4.50. The first-order chi connectivity index (χ1) is 12.6. The van der Waals surface area contributed by atoms with Gasteiger partial charge in [0.1, 0.15) is 5.82 Å². The van der Waals surface area contributed by atoms with Gasteiger partial charge in [0.25, 0.3) is 5.91 Å².